The fourth-order valence-corrected chi connectivity index (χ4v) is 5.15. The third-order valence-electron chi connectivity index (χ3n) is 6.56. The highest BCUT2D eigenvalue weighted by Crippen LogP contribution is 2.28. The Hall–Kier alpha value is -4.82. The first-order chi connectivity index (χ1) is 18.5. The van der Waals surface area contributed by atoms with E-state index < -0.39 is 5.97 Å². The molecular weight excluding hydrogens is 496 g/mol. The molecule has 6 aromatic rings. The van der Waals surface area contributed by atoms with Gasteiger partial charge in [0, 0.05) is 47.4 Å². The van der Waals surface area contributed by atoms with E-state index in [2.05, 4.69) is 45.1 Å². The van der Waals surface area contributed by atoms with Crippen LogP contribution in [-0.2, 0) is 13.0 Å². The number of aromatic nitrogens is 3. The minimum Gasteiger partial charge on any atom is -0.478 e. The van der Waals surface area contributed by atoms with Crippen LogP contribution < -0.4 is 5.32 Å². The van der Waals surface area contributed by atoms with Crippen LogP contribution in [0.5, 0.6) is 0 Å². The molecule has 3 aromatic carbocycles. The highest BCUT2D eigenvalue weighted by molar-refractivity contribution is 7.03. The number of carboxylic acid groups (broad SMARTS) is 1. The SMILES string of the molecule is O=C(O)c1ccc(CNC(=O)c2cc(-c3cnsc3)cn3ncc(Cc4ccc5ccccc5c4)c23)cc1. The molecule has 186 valence electrons. The van der Waals surface area contributed by atoms with E-state index in [-0.39, 0.29) is 18.0 Å². The fourth-order valence-electron chi connectivity index (χ4n) is 4.60. The smallest absolute Gasteiger partial charge is 0.335 e. The molecule has 0 aliphatic carbocycles. The van der Waals surface area contributed by atoms with E-state index in [9.17, 15) is 9.59 Å². The Morgan fingerprint density at radius 2 is 1.68 bits per heavy atom. The molecule has 0 aliphatic heterocycles. The van der Waals surface area contributed by atoms with Crippen LogP contribution in [0, 0.1) is 0 Å². The average Bonchev–Trinajstić information content (AvgIpc) is 3.62. The standard InChI is InChI=1S/C30H22N4O3S/c35-29(31-14-19-5-9-22(10-6-19)30(36)37)27-13-25(26-16-33-38-18-26)17-34-28(27)24(15-32-34)12-20-7-8-21-3-1-2-4-23(21)11-20/h1-11,13,15-18H,12,14H2,(H,31,35)(H,36,37). The summed E-state index contributed by atoms with van der Waals surface area (Å²) < 4.78 is 5.97. The number of hydrogen-bond donors (Lipinski definition) is 2. The molecule has 2 N–H and O–H groups in total. The van der Waals surface area contributed by atoms with Gasteiger partial charge in [0.1, 0.15) is 0 Å². The molecule has 0 saturated carbocycles. The van der Waals surface area contributed by atoms with Crippen molar-refractivity contribution in [2.75, 3.05) is 0 Å². The molecule has 3 heterocycles. The molecule has 0 radical (unpaired) electrons. The molecule has 38 heavy (non-hydrogen) atoms. The van der Waals surface area contributed by atoms with Crippen molar-refractivity contribution in [3.8, 4) is 11.1 Å². The second-order valence-electron chi connectivity index (χ2n) is 9.06. The summed E-state index contributed by atoms with van der Waals surface area (Å²) in [6, 6.07) is 23.0. The molecular formula is C30H22N4O3S. The lowest BCUT2D eigenvalue weighted by Crippen LogP contribution is -2.23. The minimum atomic E-state index is -0.984. The van der Waals surface area contributed by atoms with E-state index in [0.29, 0.717) is 12.0 Å². The zero-order valence-electron chi connectivity index (χ0n) is 20.2. The van der Waals surface area contributed by atoms with E-state index in [0.717, 1.165) is 33.3 Å². The second kappa shape index (κ2) is 9.91. The predicted octanol–water partition coefficient (Wildman–Crippen LogP) is 5.83. The van der Waals surface area contributed by atoms with Gasteiger partial charge in [-0.15, -0.1) is 0 Å². The van der Waals surface area contributed by atoms with E-state index in [1.807, 2.05) is 36.0 Å². The number of fused-ring (bicyclic) bond motifs is 2. The summed E-state index contributed by atoms with van der Waals surface area (Å²) in [5.41, 5.74) is 6.14. The van der Waals surface area contributed by atoms with E-state index in [1.54, 1.807) is 22.8 Å². The van der Waals surface area contributed by atoms with Crippen LogP contribution in [-0.4, -0.2) is 31.0 Å². The van der Waals surface area contributed by atoms with Gasteiger partial charge in [0.2, 0.25) is 0 Å². The van der Waals surface area contributed by atoms with Crippen LogP contribution >= 0.6 is 11.5 Å². The average molecular weight is 519 g/mol. The van der Waals surface area contributed by atoms with Crippen LogP contribution in [0.4, 0.5) is 0 Å². The normalized spacial score (nSPS) is 11.2. The lowest BCUT2D eigenvalue weighted by molar-refractivity contribution is 0.0696. The Morgan fingerprint density at radius 1 is 0.895 bits per heavy atom. The first kappa shape index (κ1) is 23.6. The third-order valence-corrected chi connectivity index (χ3v) is 7.15. The number of benzene rings is 3. The maximum absolute atomic E-state index is 13.5. The Kier molecular flexibility index (Phi) is 6.15. The van der Waals surface area contributed by atoms with Crippen molar-refractivity contribution in [1.82, 2.24) is 19.3 Å². The number of nitrogens with zero attached hydrogens (tertiary/aromatic N) is 3. The predicted molar refractivity (Wildman–Crippen MR) is 148 cm³/mol. The highest BCUT2D eigenvalue weighted by atomic mass is 32.1. The molecule has 8 heteroatoms. The topological polar surface area (TPSA) is 96.6 Å². The Bertz CT molecular complexity index is 1790. The van der Waals surface area contributed by atoms with E-state index >= 15 is 0 Å². The first-order valence-corrected chi connectivity index (χ1v) is 12.9. The van der Waals surface area contributed by atoms with Crippen molar-refractivity contribution >= 4 is 39.7 Å². The molecule has 0 atom stereocenters. The molecule has 3 aromatic heterocycles. The summed E-state index contributed by atoms with van der Waals surface area (Å²) in [6.07, 6.45) is 6.15. The van der Waals surface area contributed by atoms with Gasteiger partial charge in [-0.05, 0) is 51.6 Å². The van der Waals surface area contributed by atoms with Crippen molar-refractivity contribution in [2.24, 2.45) is 0 Å². The molecule has 0 aliphatic rings. The summed E-state index contributed by atoms with van der Waals surface area (Å²) in [6.45, 7) is 0.267. The molecule has 0 saturated heterocycles. The molecule has 1 amide bonds. The lowest BCUT2D eigenvalue weighted by atomic mass is 9.99. The molecule has 7 nitrogen and oxygen atoms in total. The van der Waals surface area contributed by atoms with E-state index in [1.165, 1.54) is 34.4 Å². The van der Waals surface area contributed by atoms with E-state index in [4.69, 9.17) is 5.11 Å². The van der Waals surface area contributed by atoms with Crippen molar-refractivity contribution in [1.29, 1.82) is 0 Å². The number of pyridine rings is 1. The van der Waals surface area contributed by atoms with Crippen LogP contribution in [0.2, 0.25) is 0 Å². The van der Waals surface area contributed by atoms with Crippen LogP contribution in [0.3, 0.4) is 0 Å². The summed E-state index contributed by atoms with van der Waals surface area (Å²) in [5.74, 6) is -1.22. The summed E-state index contributed by atoms with van der Waals surface area (Å²) in [5, 5.41) is 21.0. The lowest BCUT2D eigenvalue weighted by Gasteiger charge is -2.11. The van der Waals surface area contributed by atoms with Crippen molar-refractivity contribution < 1.29 is 14.7 Å². The molecule has 6 rings (SSSR count). The number of aromatic carboxylic acids is 1. The highest BCUT2D eigenvalue weighted by Gasteiger charge is 2.18. The maximum Gasteiger partial charge on any atom is 0.335 e. The summed E-state index contributed by atoms with van der Waals surface area (Å²) >= 11 is 1.35. The van der Waals surface area contributed by atoms with Gasteiger partial charge in [0.15, 0.2) is 0 Å². The van der Waals surface area contributed by atoms with Gasteiger partial charge < -0.3 is 10.4 Å². The third kappa shape index (κ3) is 4.65. The Morgan fingerprint density at radius 3 is 2.45 bits per heavy atom. The number of nitrogens with one attached hydrogen (secondary N) is 1. The number of rotatable bonds is 7. The Labute approximate surface area is 222 Å². The number of amides is 1. The number of carbonyl (C=O) groups excluding carboxylic acids is 1. The number of hydrogen-bond acceptors (Lipinski definition) is 5. The molecule has 0 fully saturated rings. The van der Waals surface area contributed by atoms with Gasteiger partial charge >= 0.3 is 5.97 Å². The quantitative estimate of drug-likeness (QED) is 0.277. The largest absolute Gasteiger partial charge is 0.478 e. The molecule has 0 unspecified atom stereocenters. The minimum absolute atomic E-state index is 0.205. The summed E-state index contributed by atoms with van der Waals surface area (Å²) in [4.78, 5) is 24.7. The fraction of sp³-hybridized carbons (Fsp3) is 0.0667. The number of carboxylic acids is 1. The Balaban J connectivity index is 1.35. The van der Waals surface area contributed by atoms with Crippen molar-refractivity contribution in [3.05, 3.63) is 125 Å². The van der Waals surface area contributed by atoms with Crippen LogP contribution in [0.1, 0.15) is 37.4 Å². The maximum atomic E-state index is 13.5. The van der Waals surface area contributed by atoms with Gasteiger partial charge in [0.05, 0.1) is 22.8 Å². The molecule has 0 spiro atoms. The second-order valence-corrected chi connectivity index (χ2v) is 9.72. The molecule has 0 bridgehead atoms. The van der Waals surface area contributed by atoms with Crippen molar-refractivity contribution in [2.45, 2.75) is 13.0 Å². The summed E-state index contributed by atoms with van der Waals surface area (Å²) in [7, 11) is 0. The zero-order chi connectivity index (χ0) is 26.1. The van der Waals surface area contributed by atoms with Gasteiger partial charge in [-0.2, -0.15) is 5.10 Å². The van der Waals surface area contributed by atoms with Crippen LogP contribution in [0.25, 0.3) is 27.4 Å². The van der Waals surface area contributed by atoms with Gasteiger partial charge in [-0.1, -0.05) is 54.6 Å². The first-order valence-electron chi connectivity index (χ1n) is 12.0. The van der Waals surface area contributed by atoms with Crippen molar-refractivity contribution in [3.63, 3.8) is 0 Å². The van der Waals surface area contributed by atoms with Gasteiger partial charge in [-0.3, -0.25) is 4.79 Å². The van der Waals surface area contributed by atoms with Crippen LogP contribution in [0.15, 0.2) is 96.8 Å². The van der Waals surface area contributed by atoms with Gasteiger partial charge in [-0.25, -0.2) is 13.7 Å². The zero-order valence-corrected chi connectivity index (χ0v) is 21.0. The van der Waals surface area contributed by atoms with Gasteiger partial charge in [0.25, 0.3) is 5.91 Å². The monoisotopic (exact) mass is 518 g/mol. The number of carbonyl (C=O) groups is 2.